The molecule has 0 atom stereocenters. The zero-order valence-corrected chi connectivity index (χ0v) is 12.9. The molecule has 1 saturated heterocycles. The maximum absolute atomic E-state index is 12.3. The van der Waals surface area contributed by atoms with Gasteiger partial charge in [-0.15, -0.1) is 0 Å². The van der Waals surface area contributed by atoms with Gasteiger partial charge in [-0.05, 0) is 43.9 Å². The van der Waals surface area contributed by atoms with Crippen LogP contribution >= 0.6 is 0 Å². The molecule has 0 N–H and O–H groups in total. The fraction of sp³-hybridized carbons (Fsp3) is 0.438. The molecule has 118 valence electrons. The highest BCUT2D eigenvalue weighted by Gasteiger charge is 2.19. The van der Waals surface area contributed by atoms with Crippen molar-refractivity contribution < 1.29 is 14.5 Å². The highest BCUT2D eigenvalue weighted by atomic mass is 16.6. The smallest absolute Gasteiger partial charge is 0.311 e. The lowest BCUT2D eigenvalue weighted by Crippen LogP contribution is -2.36. The maximum Gasteiger partial charge on any atom is 0.311 e. The van der Waals surface area contributed by atoms with Crippen molar-refractivity contribution in [1.29, 1.82) is 0 Å². The minimum Gasteiger partial charge on any atom is -0.490 e. The zero-order chi connectivity index (χ0) is 16.1. The SMILES string of the molecule is COc1ccc(C=C(C)C(=O)N2CCCCC2)cc1[N+](=O)[O-]. The number of carbonyl (C=O) groups is 1. The van der Waals surface area contributed by atoms with Crippen molar-refractivity contribution in [3.05, 3.63) is 39.4 Å². The monoisotopic (exact) mass is 304 g/mol. The van der Waals surface area contributed by atoms with E-state index in [1.165, 1.54) is 13.2 Å². The third kappa shape index (κ3) is 3.63. The number of methoxy groups -OCH3 is 1. The van der Waals surface area contributed by atoms with Crippen molar-refractivity contribution in [2.45, 2.75) is 26.2 Å². The highest BCUT2D eigenvalue weighted by molar-refractivity contribution is 5.97. The van der Waals surface area contributed by atoms with Gasteiger partial charge in [-0.3, -0.25) is 14.9 Å². The van der Waals surface area contributed by atoms with E-state index < -0.39 is 4.92 Å². The van der Waals surface area contributed by atoms with Crippen LogP contribution in [0.5, 0.6) is 5.75 Å². The minimum atomic E-state index is -0.488. The van der Waals surface area contributed by atoms with Crippen LogP contribution in [0.3, 0.4) is 0 Å². The standard InChI is InChI=1S/C16H20N2O4/c1-12(16(19)17-8-4-3-5-9-17)10-13-6-7-15(22-2)14(11-13)18(20)21/h6-7,10-11H,3-5,8-9H2,1-2H3. The Morgan fingerprint density at radius 3 is 2.59 bits per heavy atom. The molecule has 0 aliphatic carbocycles. The van der Waals surface area contributed by atoms with Crippen molar-refractivity contribution in [2.24, 2.45) is 0 Å². The van der Waals surface area contributed by atoms with Crippen LogP contribution < -0.4 is 4.74 Å². The van der Waals surface area contributed by atoms with E-state index in [4.69, 9.17) is 4.74 Å². The summed E-state index contributed by atoms with van der Waals surface area (Å²) in [5, 5.41) is 11.0. The molecule has 22 heavy (non-hydrogen) atoms. The van der Waals surface area contributed by atoms with Crippen molar-refractivity contribution in [3.8, 4) is 5.75 Å². The fourth-order valence-electron chi connectivity index (χ4n) is 2.60. The molecular formula is C16H20N2O4. The Hall–Kier alpha value is -2.37. The zero-order valence-electron chi connectivity index (χ0n) is 12.9. The van der Waals surface area contributed by atoms with Crippen molar-refractivity contribution >= 4 is 17.7 Å². The van der Waals surface area contributed by atoms with E-state index in [2.05, 4.69) is 0 Å². The number of benzene rings is 1. The lowest BCUT2D eigenvalue weighted by molar-refractivity contribution is -0.385. The topological polar surface area (TPSA) is 72.7 Å². The summed E-state index contributed by atoms with van der Waals surface area (Å²) in [4.78, 5) is 24.7. The molecule has 0 saturated carbocycles. The normalized spacial score (nSPS) is 15.5. The molecule has 0 radical (unpaired) electrons. The third-order valence-electron chi connectivity index (χ3n) is 3.76. The van der Waals surface area contributed by atoms with Crippen LogP contribution in [-0.4, -0.2) is 35.9 Å². The van der Waals surface area contributed by atoms with Crippen LogP contribution in [0.2, 0.25) is 0 Å². The quantitative estimate of drug-likeness (QED) is 0.487. The molecule has 1 aliphatic rings. The number of hydrogen-bond acceptors (Lipinski definition) is 4. The van der Waals surface area contributed by atoms with Crippen LogP contribution in [0.1, 0.15) is 31.7 Å². The molecule has 0 spiro atoms. The molecule has 1 aliphatic heterocycles. The summed E-state index contributed by atoms with van der Waals surface area (Å²) >= 11 is 0. The number of piperidine rings is 1. The van der Waals surface area contributed by atoms with Crippen LogP contribution in [-0.2, 0) is 4.79 Å². The van der Waals surface area contributed by atoms with Gasteiger partial charge in [0.25, 0.3) is 0 Å². The molecular weight excluding hydrogens is 284 g/mol. The van der Waals surface area contributed by atoms with Crippen LogP contribution in [0, 0.1) is 10.1 Å². The first-order valence-electron chi connectivity index (χ1n) is 7.33. The lowest BCUT2D eigenvalue weighted by Gasteiger charge is -2.27. The summed E-state index contributed by atoms with van der Waals surface area (Å²) in [6, 6.07) is 4.67. The number of carbonyl (C=O) groups excluding carboxylic acids is 1. The largest absolute Gasteiger partial charge is 0.490 e. The predicted octanol–water partition coefficient (Wildman–Crippen LogP) is 3.02. The van der Waals surface area contributed by atoms with Gasteiger partial charge in [0.1, 0.15) is 0 Å². The van der Waals surface area contributed by atoms with Crippen molar-refractivity contribution in [1.82, 2.24) is 4.90 Å². The minimum absolute atomic E-state index is 0.00169. The van der Waals surface area contributed by atoms with Gasteiger partial charge in [-0.2, -0.15) is 0 Å². The number of likely N-dealkylation sites (tertiary alicyclic amines) is 1. The van der Waals surface area contributed by atoms with E-state index in [-0.39, 0.29) is 17.3 Å². The molecule has 6 heteroatoms. The number of amides is 1. The first-order valence-corrected chi connectivity index (χ1v) is 7.33. The Morgan fingerprint density at radius 1 is 1.32 bits per heavy atom. The Kier molecular flexibility index (Phi) is 5.14. The van der Waals surface area contributed by atoms with Gasteiger partial charge >= 0.3 is 5.69 Å². The Bertz CT molecular complexity index is 604. The first-order chi connectivity index (χ1) is 10.5. The van der Waals surface area contributed by atoms with Gasteiger partial charge < -0.3 is 9.64 Å². The van der Waals surface area contributed by atoms with Crippen molar-refractivity contribution in [3.63, 3.8) is 0 Å². The summed E-state index contributed by atoms with van der Waals surface area (Å²) in [5.41, 5.74) is 1.10. The number of nitro benzene ring substituents is 1. The Morgan fingerprint density at radius 2 is 2.00 bits per heavy atom. The second-order valence-electron chi connectivity index (χ2n) is 5.37. The summed E-state index contributed by atoms with van der Waals surface area (Å²) in [6.07, 6.45) is 4.92. The van der Waals surface area contributed by atoms with E-state index in [9.17, 15) is 14.9 Å². The molecule has 1 heterocycles. The Balaban J connectivity index is 2.22. The number of nitro groups is 1. The molecule has 1 fully saturated rings. The Labute approximate surface area is 129 Å². The van der Waals surface area contributed by atoms with Crippen LogP contribution in [0.25, 0.3) is 6.08 Å². The molecule has 1 aromatic carbocycles. The second-order valence-corrected chi connectivity index (χ2v) is 5.37. The summed E-state index contributed by atoms with van der Waals surface area (Å²) < 4.78 is 4.97. The first kappa shape index (κ1) is 16.0. The number of nitrogens with zero attached hydrogens (tertiary/aromatic N) is 2. The lowest BCUT2D eigenvalue weighted by atomic mass is 10.1. The average Bonchev–Trinajstić information content (AvgIpc) is 2.54. The van der Waals surface area contributed by atoms with Gasteiger partial charge in [0.15, 0.2) is 5.75 Å². The number of hydrogen-bond donors (Lipinski definition) is 0. The van der Waals surface area contributed by atoms with E-state index in [0.29, 0.717) is 11.1 Å². The highest BCUT2D eigenvalue weighted by Crippen LogP contribution is 2.28. The summed E-state index contributed by atoms with van der Waals surface area (Å²) in [7, 11) is 1.39. The molecule has 2 rings (SSSR count). The van der Waals surface area contributed by atoms with Crippen molar-refractivity contribution in [2.75, 3.05) is 20.2 Å². The van der Waals surface area contributed by atoms with Gasteiger partial charge in [-0.25, -0.2) is 0 Å². The summed E-state index contributed by atoms with van der Waals surface area (Å²) in [6.45, 7) is 3.31. The number of rotatable bonds is 4. The third-order valence-corrected chi connectivity index (χ3v) is 3.76. The fourth-order valence-corrected chi connectivity index (χ4v) is 2.60. The number of ether oxygens (including phenoxy) is 1. The van der Waals surface area contributed by atoms with E-state index in [1.807, 2.05) is 4.90 Å². The van der Waals surface area contributed by atoms with Gasteiger partial charge in [0.2, 0.25) is 5.91 Å². The van der Waals surface area contributed by atoms with Gasteiger partial charge in [0, 0.05) is 24.7 Å². The predicted molar refractivity (Wildman–Crippen MR) is 83.7 cm³/mol. The molecule has 1 aromatic rings. The maximum atomic E-state index is 12.3. The average molecular weight is 304 g/mol. The molecule has 0 bridgehead atoms. The van der Waals surface area contributed by atoms with Gasteiger partial charge in [0.05, 0.1) is 12.0 Å². The molecule has 0 unspecified atom stereocenters. The van der Waals surface area contributed by atoms with Crippen LogP contribution in [0.15, 0.2) is 23.8 Å². The van der Waals surface area contributed by atoms with E-state index in [1.54, 1.807) is 25.1 Å². The molecule has 6 nitrogen and oxygen atoms in total. The van der Waals surface area contributed by atoms with Crippen LogP contribution in [0.4, 0.5) is 5.69 Å². The second kappa shape index (κ2) is 7.06. The van der Waals surface area contributed by atoms with Gasteiger partial charge in [-0.1, -0.05) is 6.07 Å². The summed E-state index contributed by atoms with van der Waals surface area (Å²) in [5.74, 6) is 0.209. The molecule has 0 aromatic heterocycles. The molecule has 1 amide bonds. The van der Waals surface area contributed by atoms with E-state index >= 15 is 0 Å². The van der Waals surface area contributed by atoms with E-state index in [0.717, 1.165) is 32.4 Å².